The third-order valence-corrected chi connectivity index (χ3v) is 5.79. The molecule has 1 aromatic heterocycles. The molecule has 0 saturated heterocycles. The minimum Gasteiger partial charge on any atom is -0.481 e. The van der Waals surface area contributed by atoms with E-state index in [0.717, 1.165) is 11.5 Å². The summed E-state index contributed by atoms with van der Waals surface area (Å²) in [5.74, 6) is -1.68. The van der Waals surface area contributed by atoms with Crippen LogP contribution < -0.4 is 5.32 Å². The number of aryl methyl sites for hydroxylation is 1. The summed E-state index contributed by atoms with van der Waals surface area (Å²) in [4.78, 5) is 35.9. The van der Waals surface area contributed by atoms with Gasteiger partial charge in [-0.2, -0.15) is 13.2 Å². The number of hydrogen-bond acceptors (Lipinski definition) is 6. The predicted molar refractivity (Wildman–Crippen MR) is 111 cm³/mol. The van der Waals surface area contributed by atoms with Crippen molar-refractivity contribution in [3.05, 3.63) is 48.0 Å². The van der Waals surface area contributed by atoms with Gasteiger partial charge >= 0.3 is 18.1 Å². The van der Waals surface area contributed by atoms with Gasteiger partial charge in [0.2, 0.25) is 0 Å². The number of carboxylic acid groups (broad SMARTS) is 2. The molecule has 0 fully saturated rings. The van der Waals surface area contributed by atoms with Crippen molar-refractivity contribution in [2.24, 2.45) is 0 Å². The molecule has 0 bridgehead atoms. The van der Waals surface area contributed by atoms with E-state index in [-0.39, 0.29) is 12.3 Å². The molecule has 0 spiro atoms. The van der Waals surface area contributed by atoms with Crippen molar-refractivity contribution < 1.29 is 37.8 Å². The highest BCUT2D eigenvalue weighted by Crippen LogP contribution is 2.21. The van der Waals surface area contributed by atoms with E-state index in [1.807, 2.05) is 41.8 Å². The van der Waals surface area contributed by atoms with Crippen molar-refractivity contribution in [2.45, 2.75) is 19.5 Å². The topological polar surface area (TPSA) is 122 Å². The van der Waals surface area contributed by atoms with Crippen LogP contribution >= 0.6 is 21.6 Å². The van der Waals surface area contributed by atoms with Gasteiger partial charge in [-0.1, -0.05) is 39.8 Å². The zero-order valence-electron chi connectivity index (χ0n) is 16.3. The molecular formula is C18H20F3N3O5S2. The number of alkyl halides is 3. The highest BCUT2D eigenvalue weighted by molar-refractivity contribution is 8.76. The van der Waals surface area contributed by atoms with Gasteiger partial charge in [0.05, 0.1) is 12.6 Å². The van der Waals surface area contributed by atoms with E-state index in [2.05, 4.69) is 10.3 Å². The summed E-state index contributed by atoms with van der Waals surface area (Å²) in [5.41, 5.74) is 1.40. The first-order chi connectivity index (χ1) is 14.5. The molecule has 1 amide bonds. The molecule has 3 N–H and O–H groups in total. The molecule has 0 aliphatic rings. The molecule has 170 valence electrons. The summed E-state index contributed by atoms with van der Waals surface area (Å²) in [6.45, 7) is 2.38. The van der Waals surface area contributed by atoms with Gasteiger partial charge in [0.25, 0.3) is 5.91 Å². The van der Waals surface area contributed by atoms with Crippen LogP contribution in [0.3, 0.4) is 0 Å². The van der Waals surface area contributed by atoms with Crippen LogP contribution in [0.25, 0.3) is 5.69 Å². The van der Waals surface area contributed by atoms with Crippen molar-refractivity contribution in [3.8, 4) is 5.69 Å². The molecule has 1 heterocycles. The van der Waals surface area contributed by atoms with Crippen molar-refractivity contribution in [2.75, 3.05) is 18.1 Å². The number of amides is 1. The second-order valence-electron chi connectivity index (χ2n) is 5.71. The van der Waals surface area contributed by atoms with Gasteiger partial charge in [0.1, 0.15) is 11.5 Å². The van der Waals surface area contributed by atoms with Crippen molar-refractivity contribution >= 4 is 39.4 Å². The average Bonchev–Trinajstić information content (AvgIpc) is 3.09. The lowest BCUT2D eigenvalue weighted by Gasteiger charge is -2.10. The Bertz CT molecular complexity index is 876. The highest BCUT2D eigenvalue weighted by atomic mass is 33.1. The molecule has 0 aliphatic carbocycles. The molecular weight excluding hydrogens is 459 g/mol. The van der Waals surface area contributed by atoms with E-state index in [9.17, 15) is 22.8 Å². The number of imidazole rings is 1. The predicted octanol–water partition coefficient (Wildman–Crippen LogP) is 3.40. The number of benzene rings is 1. The molecule has 0 unspecified atom stereocenters. The molecule has 0 atom stereocenters. The van der Waals surface area contributed by atoms with Gasteiger partial charge in [0, 0.05) is 23.7 Å². The SMILES string of the molecule is Cc1ncc(C(=O)NCCSSCCC(=O)O)n1-c1ccccc1.O=C(O)C(F)(F)F. The first-order valence-electron chi connectivity index (χ1n) is 8.68. The van der Waals surface area contributed by atoms with E-state index in [4.69, 9.17) is 15.0 Å². The molecule has 0 saturated carbocycles. The standard InChI is InChI=1S/C16H19N3O3S2.C2HF3O2/c1-12-18-11-14(19(12)13-5-3-2-4-6-13)16(22)17-8-10-24-23-9-7-15(20)21;3-2(4,5)1(6)7/h2-6,11H,7-10H2,1H3,(H,17,22)(H,20,21);(H,6,7). The van der Waals surface area contributed by atoms with Crippen molar-refractivity contribution in [1.29, 1.82) is 0 Å². The van der Waals surface area contributed by atoms with Crippen LogP contribution in [-0.2, 0) is 9.59 Å². The smallest absolute Gasteiger partial charge is 0.481 e. The van der Waals surface area contributed by atoms with E-state index in [1.54, 1.807) is 17.0 Å². The summed E-state index contributed by atoms with van der Waals surface area (Å²) in [7, 11) is 3.05. The average molecular weight is 480 g/mol. The van der Waals surface area contributed by atoms with Gasteiger partial charge in [-0.15, -0.1) is 0 Å². The lowest BCUT2D eigenvalue weighted by molar-refractivity contribution is -0.192. The Morgan fingerprint density at radius 3 is 2.23 bits per heavy atom. The van der Waals surface area contributed by atoms with Crippen LogP contribution in [0.4, 0.5) is 13.2 Å². The zero-order valence-corrected chi connectivity index (χ0v) is 17.9. The summed E-state index contributed by atoms with van der Waals surface area (Å²) in [5, 5.41) is 18.5. The minimum absolute atomic E-state index is 0.152. The summed E-state index contributed by atoms with van der Waals surface area (Å²) in [6, 6.07) is 9.62. The van der Waals surface area contributed by atoms with Crippen LogP contribution in [0.15, 0.2) is 36.5 Å². The number of aliphatic carboxylic acids is 2. The molecule has 31 heavy (non-hydrogen) atoms. The maximum atomic E-state index is 12.4. The monoisotopic (exact) mass is 479 g/mol. The first-order valence-corrected chi connectivity index (χ1v) is 11.2. The molecule has 2 rings (SSSR count). The Balaban J connectivity index is 0.000000592. The zero-order chi connectivity index (χ0) is 23.4. The number of carbonyl (C=O) groups is 3. The summed E-state index contributed by atoms with van der Waals surface area (Å²) in [6.07, 6.45) is -3.36. The van der Waals surface area contributed by atoms with Crippen molar-refractivity contribution in [3.63, 3.8) is 0 Å². The van der Waals surface area contributed by atoms with E-state index < -0.39 is 18.1 Å². The maximum absolute atomic E-state index is 12.4. The van der Waals surface area contributed by atoms with Gasteiger partial charge in [-0.25, -0.2) is 9.78 Å². The third kappa shape index (κ3) is 9.79. The fourth-order valence-electron chi connectivity index (χ4n) is 2.05. The fraction of sp³-hybridized carbons (Fsp3) is 0.333. The van der Waals surface area contributed by atoms with Gasteiger partial charge in [-0.3, -0.25) is 14.2 Å². The Kier molecular flexibility index (Phi) is 11.0. The lowest BCUT2D eigenvalue weighted by Crippen LogP contribution is -2.27. The Morgan fingerprint density at radius 1 is 1.10 bits per heavy atom. The quantitative estimate of drug-likeness (QED) is 0.370. The van der Waals surface area contributed by atoms with Crippen molar-refractivity contribution in [1.82, 2.24) is 14.9 Å². The van der Waals surface area contributed by atoms with E-state index in [0.29, 0.717) is 23.7 Å². The van der Waals surface area contributed by atoms with Gasteiger partial charge in [0.15, 0.2) is 0 Å². The molecule has 1 aromatic carbocycles. The summed E-state index contributed by atoms with van der Waals surface area (Å²) < 4.78 is 33.6. The number of nitrogens with one attached hydrogen (secondary N) is 1. The Morgan fingerprint density at radius 2 is 1.68 bits per heavy atom. The number of aromatic nitrogens is 2. The Hall–Kier alpha value is -2.67. The number of hydrogen-bond donors (Lipinski definition) is 3. The van der Waals surface area contributed by atoms with Gasteiger partial charge in [-0.05, 0) is 19.1 Å². The largest absolute Gasteiger partial charge is 0.490 e. The van der Waals surface area contributed by atoms with Crippen LogP contribution in [0, 0.1) is 6.92 Å². The molecule has 0 aliphatic heterocycles. The van der Waals surface area contributed by atoms with Crippen LogP contribution in [0.2, 0.25) is 0 Å². The van der Waals surface area contributed by atoms with Gasteiger partial charge < -0.3 is 15.5 Å². The second kappa shape index (κ2) is 12.9. The number of rotatable bonds is 9. The Labute approximate surface area is 183 Å². The molecule has 8 nitrogen and oxygen atoms in total. The van der Waals surface area contributed by atoms with Crippen LogP contribution in [0.1, 0.15) is 22.7 Å². The minimum atomic E-state index is -5.08. The number of nitrogens with zero attached hydrogens (tertiary/aromatic N) is 2. The maximum Gasteiger partial charge on any atom is 0.490 e. The lowest BCUT2D eigenvalue weighted by atomic mass is 10.3. The molecule has 2 aromatic rings. The molecule has 0 radical (unpaired) electrons. The van der Waals surface area contributed by atoms with E-state index in [1.165, 1.54) is 10.8 Å². The molecule has 13 heteroatoms. The number of carbonyl (C=O) groups excluding carboxylic acids is 1. The highest BCUT2D eigenvalue weighted by Gasteiger charge is 2.38. The number of carboxylic acids is 2. The summed E-state index contributed by atoms with van der Waals surface area (Å²) >= 11 is 0. The fourth-order valence-corrected chi connectivity index (χ4v) is 3.94. The number of halogens is 3. The van der Waals surface area contributed by atoms with Crippen LogP contribution in [-0.4, -0.2) is 61.8 Å². The third-order valence-electron chi connectivity index (χ3n) is 3.38. The second-order valence-corrected chi connectivity index (χ2v) is 8.41. The number of para-hydroxylation sites is 1. The van der Waals surface area contributed by atoms with E-state index >= 15 is 0 Å². The first kappa shape index (κ1) is 26.4. The van der Waals surface area contributed by atoms with Crippen LogP contribution in [0.5, 0.6) is 0 Å². The normalized spacial score (nSPS) is 10.7.